The Bertz CT molecular complexity index is 483. The number of carbonyl (C=O) groups excluding carboxylic acids is 1. The molecule has 2 N–H and O–H groups in total. The van der Waals surface area contributed by atoms with E-state index in [-0.39, 0.29) is 10.9 Å². The van der Waals surface area contributed by atoms with Crippen LogP contribution >= 0.6 is 12.2 Å². The number of amides is 1. The van der Waals surface area contributed by atoms with E-state index in [0.29, 0.717) is 12.0 Å². The van der Waals surface area contributed by atoms with E-state index in [0.717, 1.165) is 24.9 Å². The lowest BCUT2D eigenvalue weighted by atomic mass is 9.97. The number of hydrogen-bond donors (Lipinski definition) is 1. The Kier molecular flexibility index (Phi) is 4.76. The molecule has 3 nitrogen and oxygen atoms in total. The van der Waals surface area contributed by atoms with Crippen LogP contribution in [0.5, 0.6) is 0 Å². The predicted octanol–water partition coefficient (Wildman–Crippen LogP) is 2.70. The summed E-state index contributed by atoms with van der Waals surface area (Å²) in [5.41, 5.74) is 6.73. The van der Waals surface area contributed by atoms with E-state index in [1.165, 1.54) is 0 Å². The van der Waals surface area contributed by atoms with E-state index in [1.54, 1.807) is 0 Å². The maximum absolute atomic E-state index is 12.9. The van der Waals surface area contributed by atoms with Gasteiger partial charge in [0, 0.05) is 12.6 Å². The molecule has 0 saturated heterocycles. The van der Waals surface area contributed by atoms with Gasteiger partial charge in [-0.25, -0.2) is 0 Å². The number of benzene rings is 1. The summed E-state index contributed by atoms with van der Waals surface area (Å²) in [6.07, 6.45) is 2.19. The average molecular weight is 290 g/mol. The largest absolute Gasteiger partial charge is 0.392 e. The second-order valence-corrected chi connectivity index (χ2v) is 6.33. The maximum atomic E-state index is 12.9. The molecule has 1 unspecified atom stereocenters. The van der Waals surface area contributed by atoms with Crippen LogP contribution in [0.15, 0.2) is 30.3 Å². The quantitative estimate of drug-likeness (QED) is 0.819. The second-order valence-electron chi connectivity index (χ2n) is 5.86. The number of nitrogens with zero attached hydrogens (tertiary/aromatic N) is 1. The number of hydrogen-bond acceptors (Lipinski definition) is 2. The molecule has 0 heterocycles. The minimum absolute atomic E-state index is 0.0555. The molecule has 4 heteroatoms. The molecule has 0 aliphatic heterocycles. The first-order chi connectivity index (χ1) is 9.50. The molecular weight excluding hydrogens is 268 g/mol. The van der Waals surface area contributed by atoms with Crippen LogP contribution in [0.4, 0.5) is 0 Å². The Hall–Kier alpha value is -1.42. The van der Waals surface area contributed by atoms with Gasteiger partial charge in [0.05, 0.1) is 4.99 Å². The molecule has 1 aliphatic carbocycles. The first-order valence-corrected chi connectivity index (χ1v) is 7.56. The van der Waals surface area contributed by atoms with Gasteiger partial charge in [0.15, 0.2) is 0 Å². The van der Waals surface area contributed by atoms with Gasteiger partial charge >= 0.3 is 0 Å². The fourth-order valence-corrected chi connectivity index (χ4v) is 2.68. The van der Waals surface area contributed by atoms with Crippen LogP contribution in [0.3, 0.4) is 0 Å². The van der Waals surface area contributed by atoms with Crippen molar-refractivity contribution in [2.75, 3.05) is 6.54 Å². The van der Waals surface area contributed by atoms with Crippen LogP contribution in [0.1, 0.15) is 38.2 Å². The maximum Gasteiger partial charge on any atom is 0.237 e. The number of carbonyl (C=O) groups is 1. The smallest absolute Gasteiger partial charge is 0.237 e. The summed E-state index contributed by atoms with van der Waals surface area (Å²) in [6.45, 7) is 5.03. The Morgan fingerprint density at radius 2 is 1.95 bits per heavy atom. The fourth-order valence-electron chi connectivity index (χ4n) is 2.44. The zero-order chi connectivity index (χ0) is 14.7. The summed E-state index contributed by atoms with van der Waals surface area (Å²) < 4.78 is 0. The third kappa shape index (κ3) is 3.57. The molecule has 1 amide bonds. The summed E-state index contributed by atoms with van der Waals surface area (Å²) in [5.74, 6) is 0.00719. The highest BCUT2D eigenvalue weighted by Gasteiger charge is 2.37. The van der Waals surface area contributed by atoms with Crippen molar-refractivity contribution >= 4 is 23.1 Å². The van der Waals surface area contributed by atoms with Crippen LogP contribution in [0.25, 0.3) is 0 Å². The van der Waals surface area contributed by atoms with Crippen LogP contribution in [-0.2, 0) is 4.79 Å². The lowest BCUT2D eigenvalue weighted by Gasteiger charge is -2.28. The summed E-state index contributed by atoms with van der Waals surface area (Å²) in [5, 5.41) is 0. The van der Waals surface area contributed by atoms with Gasteiger partial charge in [0.1, 0.15) is 5.92 Å². The lowest BCUT2D eigenvalue weighted by Crippen LogP contribution is -2.42. The minimum Gasteiger partial charge on any atom is -0.392 e. The molecule has 0 radical (unpaired) electrons. The lowest BCUT2D eigenvalue weighted by molar-refractivity contribution is -0.132. The molecular formula is C16H22N2OS. The zero-order valence-electron chi connectivity index (χ0n) is 12.1. The van der Waals surface area contributed by atoms with Gasteiger partial charge in [-0.1, -0.05) is 56.4 Å². The van der Waals surface area contributed by atoms with Crippen molar-refractivity contribution in [3.05, 3.63) is 35.9 Å². The van der Waals surface area contributed by atoms with Gasteiger partial charge in [-0.05, 0) is 24.3 Å². The van der Waals surface area contributed by atoms with Crippen LogP contribution < -0.4 is 5.73 Å². The standard InChI is InChI=1S/C16H22N2OS/c1-11(2)10-18(13-8-9-13)16(19)14(15(17)20)12-6-4-3-5-7-12/h3-7,11,13-14H,8-10H2,1-2H3,(H2,17,20). The summed E-state index contributed by atoms with van der Waals surface area (Å²) in [7, 11) is 0. The molecule has 1 aromatic rings. The molecule has 1 saturated carbocycles. The summed E-state index contributed by atoms with van der Waals surface area (Å²) >= 11 is 5.15. The monoisotopic (exact) mass is 290 g/mol. The molecule has 0 aromatic heterocycles. The third-order valence-electron chi connectivity index (χ3n) is 3.50. The zero-order valence-corrected chi connectivity index (χ0v) is 12.9. The number of nitrogens with two attached hydrogens (primary N) is 1. The van der Waals surface area contributed by atoms with Gasteiger partial charge < -0.3 is 10.6 Å². The first-order valence-electron chi connectivity index (χ1n) is 7.15. The highest BCUT2D eigenvalue weighted by molar-refractivity contribution is 7.80. The van der Waals surface area contributed by atoms with Gasteiger partial charge in [0.2, 0.25) is 5.91 Å². The van der Waals surface area contributed by atoms with E-state index in [2.05, 4.69) is 13.8 Å². The Morgan fingerprint density at radius 3 is 2.40 bits per heavy atom. The van der Waals surface area contributed by atoms with Crippen molar-refractivity contribution in [3.63, 3.8) is 0 Å². The topological polar surface area (TPSA) is 46.3 Å². The molecule has 1 aliphatic rings. The van der Waals surface area contributed by atoms with Crippen molar-refractivity contribution in [1.29, 1.82) is 0 Å². The summed E-state index contributed by atoms with van der Waals surface area (Å²) in [6, 6.07) is 9.97. The van der Waals surface area contributed by atoms with Crippen LogP contribution in [0.2, 0.25) is 0 Å². The molecule has 2 rings (SSSR count). The number of thiocarbonyl (C=S) groups is 1. The summed E-state index contributed by atoms with van der Waals surface area (Å²) in [4.78, 5) is 15.1. The van der Waals surface area contributed by atoms with Gasteiger partial charge in [0.25, 0.3) is 0 Å². The van der Waals surface area contributed by atoms with Gasteiger partial charge in [-0.2, -0.15) is 0 Å². The molecule has 1 fully saturated rings. The van der Waals surface area contributed by atoms with E-state index in [4.69, 9.17) is 18.0 Å². The molecule has 108 valence electrons. The third-order valence-corrected chi connectivity index (χ3v) is 3.73. The highest BCUT2D eigenvalue weighted by Crippen LogP contribution is 2.31. The molecule has 1 atom stereocenters. The van der Waals surface area contributed by atoms with Crippen molar-refractivity contribution in [2.45, 2.75) is 38.6 Å². The highest BCUT2D eigenvalue weighted by atomic mass is 32.1. The van der Waals surface area contributed by atoms with Crippen molar-refractivity contribution in [2.24, 2.45) is 11.7 Å². The Balaban J connectivity index is 2.24. The van der Waals surface area contributed by atoms with Crippen molar-refractivity contribution in [3.8, 4) is 0 Å². The minimum atomic E-state index is -0.495. The van der Waals surface area contributed by atoms with Crippen molar-refractivity contribution < 1.29 is 4.79 Å². The van der Waals surface area contributed by atoms with E-state index < -0.39 is 5.92 Å². The SMILES string of the molecule is CC(C)CN(C(=O)C(C(N)=S)c1ccccc1)C1CC1. The van der Waals surface area contributed by atoms with Crippen LogP contribution in [-0.4, -0.2) is 28.4 Å². The Morgan fingerprint density at radius 1 is 1.35 bits per heavy atom. The first kappa shape index (κ1) is 15.0. The molecule has 20 heavy (non-hydrogen) atoms. The predicted molar refractivity (Wildman–Crippen MR) is 85.5 cm³/mol. The van der Waals surface area contributed by atoms with Gasteiger partial charge in [-0.15, -0.1) is 0 Å². The van der Waals surface area contributed by atoms with E-state index in [1.807, 2.05) is 35.2 Å². The molecule has 0 spiro atoms. The average Bonchev–Trinajstić information content (AvgIpc) is 3.21. The van der Waals surface area contributed by atoms with Crippen molar-refractivity contribution in [1.82, 2.24) is 4.90 Å². The van der Waals surface area contributed by atoms with Gasteiger partial charge in [-0.3, -0.25) is 4.79 Å². The molecule has 1 aromatic carbocycles. The Labute approximate surface area is 126 Å². The van der Waals surface area contributed by atoms with Crippen LogP contribution in [0, 0.1) is 5.92 Å². The second kappa shape index (κ2) is 6.35. The number of rotatable bonds is 6. The fraction of sp³-hybridized carbons (Fsp3) is 0.500. The normalized spacial score (nSPS) is 15.9. The van der Waals surface area contributed by atoms with E-state index >= 15 is 0 Å². The van der Waals surface area contributed by atoms with E-state index in [9.17, 15) is 4.79 Å². The molecule has 0 bridgehead atoms.